The van der Waals surface area contributed by atoms with Gasteiger partial charge in [0.1, 0.15) is 5.60 Å². The van der Waals surface area contributed by atoms with Crippen molar-refractivity contribution in [1.29, 1.82) is 0 Å². The molecule has 16 heavy (non-hydrogen) atoms. The van der Waals surface area contributed by atoms with Gasteiger partial charge in [0.05, 0.1) is 4.88 Å². The van der Waals surface area contributed by atoms with E-state index in [4.69, 9.17) is 5.73 Å². The number of nitrogens with one attached hydrogen (secondary N) is 1. The van der Waals surface area contributed by atoms with Crippen molar-refractivity contribution in [2.24, 2.45) is 0 Å². The summed E-state index contributed by atoms with van der Waals surface area (Å²) >= 11 is 1.40. The van der Waals surface area contributed by atoms with Crippen molar-refractivity contribution in [3.05, 3.63) is 11.1 Å². The van der Waals surface area contributed by atoms with Gasteiger partial charge < -0.3 is 16.2 Å². The highest BCUT2D eigenvalue weighted by molar-refractivity contribution is 7.15. The molecule has 0 aliphatic heterocycles. The molecule has 2 rings (SSSR count). The van der Waals surface area contributed by atoms with Gasteiger partial charge in [-0.15, -0.1) is 0 Å². The number of anilines is 1. The number of hydrogen-bond acceptors (Lipinski definition) is 5. The molecule has 1 heterocycles. The first-order valence-corrected chi connectivity index (χ1v) is 6.63. The fraction of sp³-hybridized carbons (Fsp3) is 0.727. The molecule has 1 fully saturated rings. The van der Waals surface area contributed by atoms with Crippen LogP contribution in [-0.4, -0.2) is 22.7 Å². The van der Waals surface area contributed by atoms with Crippen molar-refractivity contribution in [2.45, 2.75) is 44.2 Å². The van der Waals surface area contributed by atoms with E-state index in [0.717, 1.165) is 37.1 Å². The number of aromatic nitrogens is 1. The number of aliphatic hydroxyl groups is 1. The largest absolute Gasteiger partial charge is 0.384 e. The number of nitrogens with zero attached hydrogens (tertiary/aromatic N) is 1. The number of thiazole rings is 1. The summed E-state index contributed by atoms with van der Waals surface area (Å²) in [6.45, 7) is 3.11. The molecule has 0 radical (unpaired) electrons. The maximum absolute atomic E-state index is 10.5. The van der Waals surface area contributed by atoms with Crippen LogP contribution < -0.4 is 11.1 Å². The van der Waals surface area contributed by atoms with Crippen molar-refractivity contribution in [3.63, 3.8) is 0 Å². The van der Waals surface area contributed by atoms with E-state index in [0.29, 0.717) is 11.2 Å². The third kappa shape index (κ3) is 2.36. The van der Waals surface area contributed by atoms with Gasteiger partial charge in [0.25, 0.3) is 0 Å². The molecule has 4 nitrogen and oxygen atoms in total. The van der Waals surface area contributed by atoms with Gasteiger partial charge in [-0.05, 0) is 32.2 Å². The van der Waals surface area contributed by atoms with E-state index in [1.807, 2.05) is 0 Å². The van der Waals surface area contributed by atoms with Crippen LogP contribution in [0, 0.1) is 0 Å². The molecular weight excluding hydrogens is 222 g/mol. The Morgan fingerprint density at radius 3 is 2.81 bits per heavy atom. The van der Waals surface area contributed by atoms with E-state index in [2.05, 4.69) is 17.2 Å². The Labute approximate surface area is 99.9 Å². The van der Waals surface area contributed by atoms with Crippen molar-refractivity contribution < 1.29 is 5.11 Å². The van der Waals surface area contributed by atoms with Gasteiger partial charge in [-0.25, -0.2) is 4.98 Å². The molecule has 0 bridgehead atoms. The maximum atomic E-state index is 10.5. The van der Waals surface area contributed by atoms with Crippen LogP contribution in [0.2, 0.25) is 0 Å². The van der Waals surface area contributed by atoms with Crippen LogP contribution in [0.1, 0.15) is 37.5 Å². The number of nitrogen functional groups attached to an aromatic ring is 1. The second-order valence-electron chi connectivity index (χ2n) is 4.43. The van der Waals surface area contributed by atoms with Crippen LogP contribution in [-0.2, 0) is 5.60 Å². The fourth-order valence-corrected chi connectivity index (χ4v) is 3.17. The summed E-state index contributed by atoms with van der Waals surface area (Å²) < 4.78 is 0. The first-order valence-electron chi connectivity index (χ1n) is 5.81. The SMILES string of the molecule is CCNC1CCC(O)(c2cnc(N)s2)CC1. The Bertz CT molecular complexity index is 345. The molecule has 0 amide bonds. The molecule has 0 atom stereocenters. The summed E-state index contributed by atoms with van der Waals surface area (Å²) in [7, 11) is 0. The fourth-order valence-electron chi connectivity index (χ4n) is 2.34. The molecule has 0 spiro atoms. The Morgan fingerprint density at radius 2 is 2.31 bits per heavy atom. The van der Waals surface area contributed by atoms with Gasteiger partial charge in [0, 0.05) is 12.2 Å². The third-order valence-corrected chi connectivity index (χ3v) is 4.31. The number of hydrogen-bond donors (Lipinski definition) is 3. The second kappa shape index (κ2) is 4.69. The van der Waals surface area contributed by atoms with E-state index in [1.165, 1.54) is 11.3 Å². The molecule has 90 valence electrons. The standard InChI is InChI=1S/C11H19N3OS/c1-2-13-8-3-5-11(15,6-4-8)9-7-14-10(12)16-9/h7-8,13,15H,2-6H2,1H3,(H2,12,14). The van der Waals surface area contributed by atoms with E-state index >= 15 is 0 Å². The summed E-state index contributed by atoms with van der Waals surface area (Å²) in [6.07, 6.45) is 5.34. The van der Waals surface area contributed by atoms with E-state index in [1.54, 1.807) is 6.20 Å². The molecule has 1 saturated carbocycles. The zero-order valence-corrected chi connectivity index (χ0v) is 10.4. The quantitative estimate of drug-likeness (QED) is 0.749. The summed E-state index contributed by atoms with van der Waals surface area (Å²) in [5, 5.41) is 14.5. The lowest BCUT2D eigenvalue weighted by molar-refractivity contribution is -0.00500. The molecule has 5 heteroatoms. The predicted octanol–water partition coefficient (Wildman–Crippen LogP) is 1.46. The van der Waals surface area contributed by atoms with Gasteiger partial charge in [-0.1, -0.05) is 18.3 Å². The molecule has 1 aromatic rings. The molecule has 0 unspecified atom stereocenters. The first-order chi connectivity index (χ1) is 7.64. The zero-order chi connectivity index (χ0) is 11.6. The smallest absolute Gasteiger partial charge is 0.180 e. The average Bonchev–Trinajstić information content (AvgIpc) is 2.70. The lowest BCUT2D eigenvalue weighted by Gasteiger charge is -2.35. The first kappa shape index (κ1) is 11.8. The zero-order valence-electron chi connectivity index (χ0n) is 9.57. The monoisotopic (exact) mass is 241 g/mol. The number of nitrogens with two attached hydrogens (primary N) is 1. The van der Waals surface area contributed by atoms with Gasteiger partial charge >= 0.3 is 0 Å². The van der Waals surface area contributed by atoms with Gasteiger partial charge in [0.2, 0.25) is 0 Å². The van der Waals surface area contributed by atoms with Crippen LogP contribution in [0.25, 0.3) is 0 Å². The molecule has 0 saturated heterocycles. The lowest BCUT2D eigenvalue weighted by atomic mass is 9.81. The predicted molar refractivity (Wildman–Crippen MR) is 66.4 cm³/mol. The van der Waals surface area contributed by atoms with Crippen LogP contribution >= 0.6 is 11.3 Å². The Hall–Kier alpha value is -0.650. The van der Waals surface area contributed by atoms with Crippen LogP contribution in [0.15, 0.2) is 6.20 Å². The van der Waals surface area contributed by atoms with E-state index in [9.17, 15) is 5.11 Å². The van der Waals surface area contributed by atoms with Gasteiger partial charge in [0.15, 0.2) is 5.13 Å². The van der Waals surface area contributed by atoms with Crippen molar-refractivity contribution >= 4 is 16.5 Å². The Balaban J connectivity index is 2.01. The lowest BCUT2D eigenvalue weighted by Crippen LogP contribution is -2.39. The molecule has 1 aliphatic carbocycles. The molecule has 1 aromatic heterocycles. The van der Waals surface area contributed by atoms with Crippen molar-refractivity contribution in [3.8, 4) is 0 Å². The summed E-state index contributed by atoms with van der Waals surface area (Å²) in [4.78, 5) is 4.93. The Kier molecular flexibility index (Phi) is 3.47. The van der Waals surface area contributed by atoms with Gasteiger partial charge in [-0.3, -0.25) is 0 Å². The van der Waals surface area contributed by atoms with E-state index in [-0.39, 0.29) is 0 Å². The van der Waals surface area contributed by atoms with Crippen LogP contribution in [0.4, 0.5) is 5.13 Å². The van der Waals surface area contributed by atoms with Crippen molar-refractivity contribution in [2.75, 3.05) is 12.3 Å². The maximum Gasteiger partial charge on any atom is 0.180 e. The van der Waals surface area contributed by atoms with Crippen LogP contribution in [0.3, 0.4) is 0 Å². The molecule has 1 aliphatic rings. The summed E-state index contributed by atoms with van der Waals surface area (Å²) in [5.41, 5.74) is 4.91. The summed E-state index contributed by atoms with van der Waals surface area (Å²) in [6, 6.07) is 0.551. The molecular formula is C11H19N3OS. The Morgan fingerprint density at radius 1 is 1.62 bits per heavy atom. The minimum Gasteiger partial charge on any atom is -0.384 e. The normalized spacial score (nSPS) is 30.5. The average molecular weight is 241 g/mol. The van der Waals surface area contributed by atoms with Crippen molar-refractivity contribution in [1.82, 2.24) is 10.3 Å². The highest BCUT2D eigenvalue weighted by Gasteiger charge is 2.36. The molecule has 0 aromatic carbocycles. The minimum absolute atomic E-state index is 0.539. The highest BCUT2D eigenvalue weighted by atomic mass is 32.1. The van der Waals surface area contributed by atoms with Crippen LogP contribution in [0.5, 0.6) is 0 Å². The highest BCUT2D eigenvalue weighted by Crippen LogP contribution is 2.39. The minimum atomic E-state index is -0.693. The number of rotatable bonds is 3. The topological polar surface area (TPSA) is 71.2 Å². The van der Waals surface area contributed by atoms with E-state index < -0.39 is 5.60 Å². The second-order valence-corrected chi connectivity index (χ2v) is 5.49. The van der Waals surface area contributed by atoms with Gasteiger partial charge in [-0.2, -0.15) is 0 Å². The molecule has 4 N–H and O–H groups in total. The summed E-state index contributed by atoms with van der Waals surface area (Å²) in [5.74, 6) is 0. The third-order valence-electron chi connectivity index (χ3n) is 3.29.